The maximum atomic E-state index is 11.2. The Bertz CT molecular complexity index is 716. The fourth-order valence-corrected chi connectivity index (χ4v) is 2.08. The van der Waals surface area contributed by atoms with E-state index in [4.69, 9.17) is 9.47 Å². The Labute approximate surface area is 123 Å². The van der Waals surface area contributed by atoms with Gasteiger partial charge in [-0.05, 0) is 18.2 Å². The number of aromatic nitrogens is 1. The highest BCUT2D eigenvalue weighted by molar-refractivity contribution is 7.88. The van der Waals surface area contributed by atoms with Crippen LogP contribution < -0.4 is 14.2 Å². The summed E-state index contributed by atoms with van der Waals surface area (Å²) in [5, 5.41) is 0. The second kappa shape index (κ2) is 6.55. The molecule has 0 amide bonds. The molecule has 0 saturated carbocycles. The fraction of sp³-hybridized carbons (Fsp3) is 0.214. The molecule has 0 bridgehead atoms. The Kier molecular flexibility index (Phi) is 4.77. The van der Waals surface area contributed by atoms with Crippen molar-refractivity contribution in [1.82, 2.24) is 9.71 Å². The summed E-state index contributed by atoms with van der Waals surface area (Å²) in [6, 6.07) is 10.6. The summed E-state index contributed by atoms with van der Waals surface area (Å²) in [5.74, 6) is 1.42. The summed E-state index contributed by atoms with van der Waals surface area (Å²) < 4.78 is 35.7. The van der Waals surface area contributed by atoms with Gasteiger partial charge in [0.2, 0.25) is 15.9 Å². The van der Waals surface area contributed by atoms with Gasteiger partial charge in [-0.25, -0.2) is 18.1 Å². The SMILES string of the molecule is COc1ccccc1Oc1ncccc1CNS(C)(=O)=O. The molecule has 1 aromatic carbocycles. The number of benzene rings is 1. The first kappa shape index (κ1) is 15.3. The molecular weight excluding hydrogens is 292 g/mol. The van der Waals surface area contributed by atoms with E-state index in [9.17, 15) is 8.42 Å². The number of nitrogens with one attached hydrogen (secondary N) is 1. The van der Waals surface area contributed by atoms with E-state index in [0.29, 0.717) is 22.9 Å². The second-order valence-corrected chi connectivity index (χ2v) is 6.15. The number of ether oxygens (including phenoxy) is 2. The molecule has 0 aliphatic rings. The van der Waals surface area contributed by atoms with Crippen LogP contribution in [0.4, 0.5) is 0 Å². The molecule has 0 saturated heterocycles. The zero-order valence-corrected chi connectivity index (χ0v) is 12.6. The van der Waals surface area contributed by atoms with Crippen LogP contribution in [0.5, 0.6) is 17.4 Å². The normalized spacial score (nSPS) is 11.1. The van der Waals surface area contributed by atoms with Gasteiger partial charge in [0.25, 0.3) is 0 Å². The Morgan fingerprint density at radius 1 is 1.14 bits per heavy atom. The van der Waals surface area contributed by atoms with E-state index >= 15 is 0 Å². The van der Waals surface area contributed by atoms with E-state index in [-0.39, 0.29) is 6.54 Å². The third kappa shape index (κ3) is 4.44. The molecule has 6 nitrogen and oxygen atoms in total. The van der Waals surface area contributed by atoms with E-state index in [1.54, 1.807) is 37.6 Å². The topological polar surface area (TPSA) is 77.5 Å². The number of sulfonamides is 1. The molecule has 0 atom stereocenters. The third-order valence-corrected chi connectivity index (χ3v) is 3.32. The Morgan fingerprint density at radius 3 is 2.52 bits per heavy atom. The molecular formula is C14H16N2O4S. The van der Waals surface area contributed by atoms with Gasteiger partial charge in [0.05, 0.1) is 13.4 Å². The number of pyridine rings is 1. The Balaban J connectivity index is 2.24. The molecule has 2 rings (SSSR count). The van der Waals surface area contributed by atoms with Crippen LogP contribution in [0.3, 0.4) is 0 Å². The lowest BCUT2D eigenvalue weighted by Crippen LogP contribution is -2.21. The smallest absolute Gasteiger partial charge is 0.223 e. The van der Waals surface area contributed by atoms with Gasteiger partial charge in [0.1, 0.15) is 0 Å². The number of hydrogen-bond acceptors (Lipinski definition) is 5. The number of methoxy groups -OCH3 is 1. The first-order valence-corrected chi connectivity index (χ1v) is 8.08. The monoisotopic (exact) mass is 308 g/mol. The summed E-state index contributed by atoms with van der Waals surface area (Å²) >= 11 is 0. The lowest BCUT2D eigenvalue weighted by molar-refractivity contribution is 0.372. The van der Waals surface area contributed by atoms with Crippen LogP contribution in [0.25, 0.3) is 0 Å². The zero-order chi connectivity index (χ0) is 15.3. The molecule has 0 spiro atoms. The highest BCUT2D eigenvalue weighted by Gasteiger charge is 2.11. The average Bonchev–Trinajstić information content (AvgIpc) is 2.46. The maximum absolute atomic E-state index is 11.2. The van der Waals surface area contributed by atoms with Crippen LogP contribution in [0.15, 0.2) is 42.6 Å². The van der Waals surface area contributed by atoms with Crippen molar-refractivity contribution >= 4 is 10.0 Å². The molecule has 0 aliphatic heterocycles. The van der Waals surface area contributed by atoms with Gasteiger partial charge >= 0.3 is 0 Å². The lowest BCUT2D eigenvalue weighted by Gasteiger charge is -2.12. The third-order valence-electron chi connectivity index (χ3n) is 2.65. The molecule has 112 valence electrons. The van der Waals surface area contributed by atoms with Crippen LogP contribution in [0.1, 0.15) is 5.56 Å². The van der Waals surface area contributed by atoms with Crippen LogP contribution in [-0.4, -0.2) is 26.8 Å². The number of rotatable bonds is 6. The van der Waals surface area contributed by atoms with E-state index in [1.165, 1.54) is 0 Å². The highest BCUT2D eigenvalue weighted by atomic mass is 32.2. The van der Waals surface area contributed by atoms with Crippen molar-refractivity contribution in [1.29, 1.82) is 0 Å². The molecule has 0 radical (unpaired) electrons. The fourth-order valence-electron chi connectivity index (χ4n) is 1.67. The van der Waals surface area contributed by atoms with Crippen LogP contribution in [0.2, 0.25) is 0 Å². The summed E-state index contributed by atoms with van der Waals surface area (Å²) in [6.07, 6.45) is 2.68. The van der Waals surface area contributed by atoms with E-state index < -0.39 is 10.0 Å². The molecule has 21 heavy (non-hydrogen) atoms. The minimum Gasteiger partial charge on any atom is -0.493 e. The lowest BCUT2D eigenvalue weighted by atomic mass is 10.2. The van der Waals surface area contributed by atoms with E-state index in [2.05, 4.69) is 9.71 Å². The molecule has 0 fully saturated rings. The van der Waals surface area contributed by atoms with Gasteiger partial charge < -0.3 is 9.47 Å². The van der Waals surface area contributed by atoms with Gasteiger partial charge in [-0.15, -0.1) is 0 Å². The minimum absolute atomic E-state index is 0.108. The minimum atomic E-state index is -3.28. The molecule has 0 aliphatic carbocycles. The van der Waals surface area contributed by atoms with Crippen molar-refractivity contribution in [3.8, 4) is 17.4 Å². The van der Waals surface area contributed by atoms with Crippen LogP contribution in [-0.2, 0) is 16.6 Å². The standard InChI is InChI=1S/C14H16N2O4S/c1-19-12-7-3-4-8-13(12)20-14-11(6-5-9-15-14)10-16-21(2,17)18/h3-9,16H,10H2,1-2H3. The molecule has 7 heteroatoms. The molecule has 0 unspecified atom stereocenters. The highest BCUT2D eigenvalue weighted by Crippen LogP contribution is 2.31. The predicted molar refractivity (Wildman–Crippen MR) is 79.0 cm³/mol. The first-order chi connectivity index (χ1) is 9.99. The van der Waals surface area contributed by atoms with Crippen LogP contribution >= 0.6 is 0 Å². The van der Waals surface area contributed by atoms with Gasteiger partial charge in [-0.3, -0.25) is 0 Å². The van der Waals surface area contributed by atoms with Gasteiger partial charge in [0.15, 0.2) is 11.5 Å². The predicted octanol–water partition coefficient (Wildman–Crippen LogP) is 1.93. The number of para-hydroxylation sites is 2. The van der Waals surface area contributed by atoms with E-state index in [1.807, 2.05) is 12.1 Å². The van der Waals surface area contributed by atoms with Crippen molar-refractivity contribution in [2.45, 2.75) is 6.54 Å². The van der Waals surface area contributed by atoms with Gasteiger partial charge in [-0.1, -0.05) is 18.2 Å². The Hall–Kier alpha value is -2.12. The second-order valence-electron chi connectivity index (χ2n) is 4.31. The van der Waals surface area contributed by atoms with Crippen molar-refractivity contribution in [2.24, 2.45) is 0 Å². The number of hydrogen-bond donors (Lipinski definition) is 1. The molecule has 1 heterocycles. The molecule has 1 aromatic heterocycles. The summed E-state index contributed by atoms with van der Waals surface area (Å²) in [6.45, 7) is 0.108. The van der Waals surface area contributed by atoms with Crippen molar-refractivity contribution in [3.63, 3.8) is 0 Å². The van der Waals surface area contributed by atoms with Crippen molar-refractivity contribution < 1.29 is 17.9 Å². The van der Waals surface area contributed by atoms with Crippen molar-refractivity contribution in [3.05, 3.63) is 48.2 Å². The summed E-state index contributed by atoms with van der Waals surface area (Å²) in [5.41, 5.74) is 0.633. The van der Waals surface area contributed by atoms with Crippen LogP contribution in [0, 0.1) is 0 Å². The molecule has 1 N–H and O–H groups in total. The number of nitrogens with zero attached hydrogens (tertiary/aromatic N) is 1. The molecule has 2 aromatic rings. The van der Waals surface area contributed by atoms with Crippen molar-refractivity contribution in [2.75, 3.05) is 13.4 Å². The van der Waals surface area contributed by atoms with Gasteiger partial charge in [0, 0.05) is 18.3 Å². The quantitative estimate of drug-likeness (QED) is 0.882. The maximum Gasteiger partial charge on any atom is 0.223 e. The van der Waals surface area contributed by atoms with E-state index in [0.717, 1.165) is 6.26 Å². The van der Waals surface area contributed by atoms with Gasteiger partial charge in [-0.2, -0.15) is 0 Å². The average molecular weight is 308 g/mol. The Morgan fingerprint density at radius 2 is 1.86 bits per heavy atom. The summed E-state index contributed by atoms with van der Waals surface area (Å²) in [4.78, 5) is 4.14. The largest absolute Gasteiger partial charge is 0.493 e. The zero-order valence-electron chi connectivity index (χ0n) is 11.7. The first-order valence-electron chi connectivity index (χ1n) is 6.19. The summed E-state index contributed by atoms with van der Waals surface area (Å²) in [7, 11) is -1.73.